The number of nitrogens with zero attached hydrogens (tertiary/aromatic N) is 2. The van der Waals surface area contributed by atoms with E-state index in [9.17, 15) is 10.1 Å². The molecule has 0 radical (unpaired) electrons. The molecule has 0 bridgehead atoms. The second-order valence-corrected chi connectivity index (χ2v) is 7.82. The summed E-state index contributed by atoms with van der Waals surface area (Å²) in [6.45, 7) is 2.70. The summed E-state index contributed by atoms with van der Waals surface area (Å²) in [4.78, 5) is 15.9. The van der Waals surface area contributed by atoms with Gasteiger partial charge in [-0.1, -0.05) is 0 Å². The van der Waals surface area contributed by atoms with Crippen molar-refractivity contribution in [1.82, 2.24) is 10.6 Å². The van der Waals surface area contributed by atoms with Crippen LogP contribution in [0, 0.1) is 11.3 Å². The number of hydrogen-bond acceptors (Lipinski definition) is 5. The van der Waals surface area contributed by atoms with Crippen molar-refractivity contribution in [2.75, 3.05) is 24.5 Å². The van der Waals surface area contributed by atoms with E-state index in [0.717, 1.165) is 62.3 Å². The number of thiophene rings is 1. The number of anilines is 1. The largest absolute Gasteiger partial charge is 0.360 e. The Bertz CT molecular complexity index is 656. The van der Waals surface area contributed by atoms with Crippen molar-refractivity contribution in [2.24, 2.45) is 0 Å². The molecule has 1 aromatic rings. The van der Waals surface area contributed by atoms with Crippen molar-refractivity contribution in [1.29, 1.82) is 5.26 Å². The van der Waals surface area contributed by atoms with Gasteiger partial charge in [0.25, 0.3) is 0 Å². The van der Waals surface area contributed by atoms with Crippen LogP contribution in [-0.2, 0) is 17.6 Å². The smallest absolute Gasteiger partial charge is 0.237 e. The van der Waals surface area contributed by atoms with E-state index in [0.29, 0.717) is 0 Å². The SMILES string of the molecule is N#Cc1c(N2CC[C@H](NC(=O)[C@@H]3CCCN3)C2)sc2c1CCC2. The molecule has 2 atom stereocenters. The summed E-state index contributed by atoms with van der Waals surface area (Å²) in [7, 11) is 0. The summed E-state index contributed by atoms with van der Waals surface area (Å²) in [5.41, 5.74) is 2.18. The van der Waals surface area contributed by atoms with Gasteiger partial charge >= 0.3 is 0 Å². The van der Waals surface area contributed by atoms with Crippen molar-refractivity contribution >= 4 is 22.2 Å². The summed E-state index contributed by atoms with van der Waals surface area (Å²) < 4.78 is 0. The summed E-state index contributed by atoms with van der Waals surface area (Å²) >= 11 is 1.80. The normalized spacial score (nSPS) is 26.3. The van der Waals surface area contributed by atoms with Gasteiger partial charge in [-0.3, -0.25) is 4.79 Å². The van der Waals surface area contributed by atoms with E-state index in [2.05, 4.69) is 21.6 Å². The molecule has 3 heterocycles. The topological polar surface area (TPSA) is 68.2 Å². The van der Waals surface area contributed by atoms with E-state index < -0.39 is 0 Å². The molecule has 2 fully saturated rings. The predicted molar refractivity (Wildman–Crippen MR) is 90.8 cm³/mol. The zero-order valence-electron chi connectivity index (χ0n) is 13.2. The Hall–Kier alpha value is -1.58. The Kier molecular flexibility index (Phi) is 4.00. The number of carbonyl (C=O) groups excluding carboxylic acids is 1. The number of nitriles is 1. The molecule has 5 nitrogen and oxygen atoms in total. The van der Waals surface area contributed by atoms with Gasteiger partial charge in [0.05, 0.1) is 11.6 Å². The molecular formula is C17H22N4OS. The molecule has 0 unspecified atom stereocenters. The van der Waals surface area contributed by atoms with Gasteiger partial charge in [-0.25, -0.2) is 0 Å². The number of fused-ring (bicyclic) bond motifs is 1. The lowest BCUT2D eigenvalue weighted by Crippen LogP contribution is -2.46. The lowest BCUT2D eigenvalue weighted by molar-refractivity contribution is -0.123. The number of rotatable bonds is 3. The monoisotopic (exact) mass is 330 g/mol. The standard InChI is InChI=1S/C17H22N4OS/c18-9-13-12-3-1-5-15(12)23-17(13)21-8-6-11(10-21)20-16(22)14-4-2-7-19-14/h11,14,19H,1-8,10H2,(H,20,22)/t11-,14-/m0/s1. The minimum absolute atomic E-state index is 0.00995. The minimum Gasteiger partial charge on any atom is -0.360 e. The quantitative estimate of drug-likeness (QED) is 0.882. The Balaban J connectivity index is 1.43. The first-order valence-corrected chi connectivity index (χ1v) is 9.41. The zero-order valence-corrected chi connectivity index (χ0v) is 14.0. The molecule has 0 spiro atoms. The maximum absolute atomic E-state index is 12.2. The van der Waals surface area contributed by atoms with E-state index in [1.807, 2.05) is 0 Å². The average molecular weight is 330 g/mol. The molecule has 1 aromatic heterocycles. The summed E-state index contributed by atoms with van der Waals surface area (Å²) in [5, 5.41) is 17.1. The molecule has 23 heavy (non-hydrogen) atoms. The highest BCUT2D eigenvalue weighted by Crippen LogP contribution is 2.41. The van der Waals surface area contributed by atoms with Crippen molar-refractivity contribution in [3.63, 3.8) is 0 Å². The van der Waals surface area contributed by atoms with Crippen molar-refractivity contribution in [3.8, 4) is 6.07 Å². The molecule has 3 aliphatic rings. The van der Waals surface area contributed by atoms with Gasteiger partial charge < -0.3 is 15.5 Å². The lowest BCUT2D eigenvalue weighted by Gasteiger charge is -2.19. The second kappa shape index (κ2) is 6.14. The maximum atomic E-state index is 12.2. The van der Waals surface area contributed by atoms with Crippen LogP contribution in [0.3, 0.4) is 0 Å². The number of carbonyl (C=O) groups is 1. The molecule has 2 N–H and O–H groups in total. The molecule has 0 aromatic carbocycles. The van der Waals surface area contributed by atoms with Crippen LogP contribution >= 0.6 is 11.3 Å². The molecular weight excluding hydrogens is 308 g/mol. The number of amides is 1. The Morgan fingerprint density at radius 1 is 1.35 bits per heavy atom. The molecule has 122 valence electrons. The van der Waals surface area contributed by atoms with Crippen molar-refractivity contribution in [3.05, 3.63) is 16.0 Å². The van der Waals surface area contributed by atoms with Crippen molar-refractivity contribution in [2.45, 2.75) is 50.6 Å². The van der Waals surface area contributed by atoms with Crippen LogP contribution in [-0.4, -0.2) is 37.6 Å². The van der Waals surface area contributed by atoms with Crippen LogP contribution in [0.15, 0.2) is 0 Å². The molecule has 4 rings (SSSR count). The van der Waals surface area contributed by atoms with Gasteiger partial charge in [-0.15, -0.1) is 11.3 Å². The molecule has 0 saturated carbocycles. The highest BCUT2D eigenvalue weighted by molar-refractivity contribution is 7.16. The van der Waals surface area contributed by atoms with E-state index in [4.69, 9.17) is 0 Å². The summed E-state index contributed by atoms with van der Waals surface area (Å²) in [6.07, 6.45) is 6.35. The van der Waals surface area contributed by atoms with Crippen LogP contribution in [0.4, 0.5) is 5.00 Å². The molecule has 1 amide bonds. The molecule has 6 heteroatoms. The third kappa shape index (κ3) is 2.73. The third-order valence-corrected chi connectivity index (χ3v) is 6.57. The third-order valence-electron chi connectivity index (χ3n) is 5.21. The lowest BCUT2D eigenvalue weighted by atomic mass is 10.1. The van der Waals surface area contributed by atoms with Crippen LogP contribution in [0.1, 0.15) is 41.7 Å². The van der Waals surface area contributed by atoms with E-state index in [-0.39, 0.29) is 18.0 Å². The van der Waals surface area contributed by atoms with Crippen LogP contribution < -0.4 is 15.5 Å². The van der Waals surface area contributed by atoms with Gasteiger partial charge in [0.1, 0.15) is 11.1 Å². The fourth-order valence-corrected chi connectivity index (χ4v) is 5.37. The maximum Gasteiger partial charge on any atom is 0.237 e. The van der Waals surface area contributed by atoms with Crippen molar-refractivity contribution < 1.29 is 4.79 Å². The van der Waals surface area contributed by atoms with Crippen LogP contribution in [0.5, 0.6) is 0 Å². The predicted octanol–water partition coefficient (Wildman–Crippen LogP) is 1.56. The molecule has 1 aliphatic carbocycles. The van der Waals surface area contributed by atoms with E-state index >= 15 is 0 Å². The Labute approximate surface area is 140 Å². The second-order valence-electron chi connectivity index (χ2n) is 6.74. The highest BCUT2D eigenvalue weighted by Gasteiger charge is 2.32. The number of nitrogens with one attached hydrogen (secondary N) is 2. The molecule has 2 aliphatic heterocycles. The number of aryl methyl sites for hydroxylation is 1. The van der Waals surface area contributed by atoms with Gasteiger partial charge in [-0.05, 0) is 50.6 Å². The van der Waals surface area contributed by atoms with E-state index in [1.165, 1.54) is 16.9 Å². The fraction of sp³-hybridized carbons (Fsp3) is 0.647. The number of hydrogen-bond donors (Lipinski definition) is 2. The summed E-state index contributed by atoms with van der Waals surface area (Å²) in [5.74, 6) is 0.142. The van der Waals surface area contributed by atoms with E-state index in [1.54, 1.807) is 11.3 Å². The Morgan fingerprint density at radius 3 is 3.04 bits per heavy atom. The summed E-state index contributed by atoms with van der Waals surface area (Å²) in [6, 6.07) is 2.62. The first kappa shape index (κ1) is 15.0. The van der Waals surface area contributed by atoms with Gasteiger partial charge in [0, 0.05) is 24.0 Å². The average Bonchev–Trinajstić information content (AvgIpc) is 3.30. The first-order chi connectivity index (χ1) is 11.3. The minimum atomic E-state index is -0.00995. The van der Waals surface area contributed by atoms with Gasteiger partial charge in [0.15, 0.2) is 0 Å². The first-order valence-electron chi connectivity index (χ1n) is 8.59. The van der Waals surface area contributed by atoms with Gasteiger partial charge in [0.2, 0.25) is 5.91 Å². The highest BCUT2D eigenvalue weighted by atomic mass is 32.1. The van der Waals surface area contributed by atoms with Crippen LogP contribution in [0.2, 0.25) is 0 Å². The Morgan fingerprint density at radius 2 is 2.26 bits per heavy atom. The van der Waals surface area contributed by atoms with Gasteiger partial charge in [-0.2, -0.15) is 5.26 Å². The zero-order chi connectivity index (χ0) is 15.8. The van der Waals surface area contributed by atoms with Crippen LogP contribution in [0.25, 0.3) is 0 Å². The molecule has 2 saturated heterocycles. The fourth-order valence-electron chi connectivity index (χ4n) is 4.00.